The van der Waals surface area contributed by atoms with Gasteiger partial charge in [0.15, 0.2) is 12.2 Å². The van der Waals surface area contributed by atoms with Crippen LogP contribution in [0.4, 0.5) is 0 Å². The van der Waals surface area contributed by atoms with E-state index in [1.807, 2.05) is 0 Å². The van der Waals surface area contributed by atoms with Gasteiger partial charge in [-0.2, -0.15) is 8.42 Å². The molecule has 1 aliphatic heterocycles. The minimum atomic E-state index is -4.26. The Balaban J connectivity index is 2.40. The molecule has 0 radical (unpaired) electrons. The van der Waals surface area contributed by atoms with Crippen LogP contribution in [0.1, 0.15) is 33.3 Å². The van der Waals surface area contributed by atoms with Crippen LogP contribution in [0.25, 0.3) is 0 Å². The van der Waals surface area contributed by atoms with E-state index in [9.17, 15) is 27.6 Å². The van der Waals surface area contributed by atoms with Gasteiger partial charge in [-0.15, -0.1) is 0 Å². The summed E-state index contributed by atoms with van der Waals surface area (Å²) in [6.07, 6.45) is -7.50. The number of benzene rings is 1. The standard InChI is InChI=1S/C21H26O12S/c1-11-6-8-16(9-7-11)34(26,27)28-10-17-18(29-12(2)22)19(30-13(3)23)20(31-14(4)24)21(33-17)32-15(5)25/h6-9,17-21H,10H2,1-5H3/t17-,18+,19+,20+,21-/m1/s1. The van der Waals surface area contributed by atoms with Crippen molar-refractivity contribution in [2.24, 2.45) is 0 Å². The third-order valence-electron chi connectivity index (χ3n) is 4.48. The van der Waals surface area contributed by atoms with Gasteiger partial charge >= 0.3 is 23.9 Å². The molecule has 13 heteroatoms. The van der Waals surface area contributed by atoms with Crippen molar-refractivity contribution in [2.75, 3.05) is 6.61 Å². The highest BCUT2D eigenvalue weighted by Crippen LogP contribution is 2.30. The summed E-state index contributed by atoms with van der Waals surface area (Å²) in [6, 6.07) is 5.84. The first-order valence-electron chi connectivity index (χ1n) is 10.1. The molecule has 1 saturated heterocycles. The second-order valence-corrected chi connectivity index (χ2v) is 9.04. The maximum Gasteiger partial charge on any atom is 0.305 e. The molecule has 5 atom stereocenters. The Kier molecular flexibility index (Phi) is 9.13. The topological polar surface area (TPSA) is 158 Å². The number of aryl methyl sites for hydroxylation is 1. The number of ether oxygens (including phenoxy) is 5. The second-order valence-electron chi connectivity index (χ2n) is 7.43. The van der Waals surface area contributed by atoms with Crippen LogP contribution in [0.3, 0.4) is 0 Å². The number of carbonyl (C=O) groups excluding carboxylic acids is 4. The highest BCUT2D eigenvalue weighted by atomic mass is 32.2. The molecule has 0 aliphatic carbocycles. The van der Waals surface area contributed by atoms with Crippen LogP contribution >= 0.6 is 0 Å². The lowest BCUT2D eigenvalue weighted by Gasteiger charge is -2.43. The first-order chi connectivity index (χ1) is 15.8. The Morgan fingerprint density at radius 3 is 1.74 bits per heavy atom. The third kappa shape index (κ3) is 7.50. The Morgan fingerprint density at radius 1 is 0.765 bits per heavy atom. The van der Waals surface area contributed by atoms with Crippen molar-refractivity contribution >= 4 is 34.0 Å². The van der Waals surface area contributed by atoms with E-state index < -0.39 is 71.3 Å². The summed E-state index contributed by atoms with van der Waals surface area (Å²) in [4.78, 5) is 46.6. The van der Waals surface area contributed by atoms with Crippen molar-refractivity contribution < 1.29 is 55.5 Å². The summed E-state index contributed by atoms with van der Waals surface area (Å²) in [5.41, 5.74) is 0.828. The normalized spacial score (nSPS) is 24.6. The van der Waals surface area contributed by atoms with Crippen LogP contribution in [-0.4, -0.2) is 69.6 Å². The fraction of sp³-hybridized carbons (Fsp3) is 0.524. The molecule has 0 amide bonds. The van der Waals surface area contributed by atoms with E-state index in [-0.39, 0.29) is 4.90 Å². The molecule has 12 nitrogen and oxygen atoms in total. The lowest BCUT2D eigenvalue weighted by atomic mass is 9.98. The van der Waals surface area contributed by atoms with E-state index in [2.05, 4.69) is 0 Å². The van der Waals surface area contributed by atoms with Crippen molar-refractivity contribution in [3.63, 3.8) is 0 Å². The molecule has 1 aromatic carbocycles. The molecule has 1 heterocycles. The summed E-state index contributed by atoms with van der Waals surface area (Å²) in [6.45, 7) is 5.29. The summed E-state index contributed by atoms with van der Waals surface area (Å²) >= 11 is 0. The highest BCUT2D eigenvalue weighted by Gasteiger charge is 2.53. The summed E-state index contributed by atoms with van der Waals surface area (Å²) in [7, 11) is -4.26. The number of hydrogen-bond donors (Lipinski definition) is 0. The van der Waals surface area contributed by atoms with Crippen molar-refractivity contribution in [1.29, 1.82) is 0 Å². The molecule has 0 bridgehead atoms. The molecule has 2 rings (SSSR count). The molecule has 1 aromatic rings. The molecule has 0 spiro atoms. The van der Waals surface area contributed by atoms with Crippen LogP contribution in [-0.2, 0) is 57.2 Å². The van der Waals surface area contributed by atoms with E-state index in [1.54, 1.807) is 19.1 Å². The third-order valence-corrected chi connectivity index (χ3v) is 5.77. The maximum atomic E-state index is 12.6. The Bertz CT molecular complexity index is 1020. The molecule has 0 unspecified atom stereocenters. The summed E-state index contributed by atoms with van der Waals surface area (Å²) in [5, 5.41) is 0. The van der Waals surface area contributed by atoms with Crippen LogP contribution in [0, 0.1) is 6.92 Å². The van der Waals surface area contributed by atoms with Crippen molar-refractivity contribution in [3.05, 3.63) is 29.8 Å². The average molecular weight is 502 g/mol. The smallest absolute Gasteiger partial charge is 0.305 e. The van der Waals surface area contributed by atoms with Crippen molar-refractivity contribution in [1.82, 2.24) is 0 Å². The zero-order valence-electron chi connectivity index (χ0n) is 19.2. The van der Waals surface area contributed by atoms with Gasteiger partial charge in [0, 0.05) is 27.7 Å². The average Bonchev–Trinajstić information content (AvgIpc) is 2.70. The number of esters is 4. The Labute approximate surface area is 196 Å². The minimum absolute atomic E-state index is 0.135. The molecular formula is C21H26O12S. The molecule has 1 aliphatic rings. The monoisotopic (exact) mass is 502 g/mol. The fourth-order valence-corrected chi connectivity index (χ4v) is 4.10. The lowest BCUT2D eigenvalue weighted by Crippen LogP contribution is -2.63. The molecule has 1 fully saturated rings. The predicted octanol–water partition coefficient (Wildman–Crippen LogP) is 0.783. The highest BCUT2D eigenvalue weighted by molar-refractivity contribution is 7.86. The van der Waals surface area contributed by atoms with Crippen molar-refractivity contribution in [2.45, 2.75) is 70.2 Å². The van der Waals surface area contributed by atoms with Gasteiger partial charge in [-0.25, -0.2) is 0 Å². The van der Waals surface area contributed by atoms with Crippen LogP contribution in [0.5, 0.6) is 0 Å². The van der Waals surface area contributed by atoms with Gasteiger partial charge in [0.1, 0.15) is 6.10 Å². The summed E-state index contributed by atoms with van der Waals surface area (Å²) < 4.78 is 56.6. The number of rotatable bonds is 8. The Hall–Kier alpha value is -3.03. The molecule has 0 N–H and O–H groups in total. The van der Waals surface area contributed by atoms with Gasteiger partial charge in [0.05, 0.1) is 11.5 Å². The van der Waals surface area contributed by atoms with E-state index in [0.717, 1.165) is 33.3 Å². The second kappa shape index (κ2) is 11.4. The van der Waals surface area contributed by atoms with Crippen LogP contribution in [0.15, 0.2) is 29.2 Å². The zero-order chi connectivity index (χ0) is 25.6. The zero-order valence-corrected chi connectivity index (χ0v) is 20.0. The molecule has 188 valence electrons. The lowest BCUT2D eigenvalue weighted by molar-refractivity contribution is -0.298. The van der Waals surface area contributed by atoms with Gasteiger partial charge in [0.25, 0.3) is 10.1 Å². The van der Waals surface area contributed by atoms with E-state index >= 15 is 0 Å². The molecule has 0 aromatic heterocycles. The predicted molar refractivity (Wildman–Crippen MR) is 111 cm³/mol. The minimum Gasteiger partial charge on any atom is -0.456 e. The SMILES string of the molecule is CC(=O)O[C@@H]1O[C@H](COS(=O)(=O)c2ccc(C)cc2)[C@H](OC(C)=O)[C@H](OC(C)=O)[C@@H]1OC(C)=O. The first kappa shape index (κ1) is 27.2. The summed E-state index contributed by atoms with van der Waals surface area (Å²) in [5.74, 6) is -3.33. The van der Waals surface area contributed by atoms with Crippen LogP contribution < -0.4 is 0 Å². The van der Waals surface area contributed by atoms with Crippen molar-refractivity contribution in [3.8, 4) is 0 Å². The largest absolute Gasteiger partial charge is 0.456 e. The van der Waals surface area contributed by atoms with Gasteiger partial charge < -0.3 is 23.7 Å². The molecule has 34 heavy (non-hydrogen) atoms. The molecule has 0 saturated carbocycles. The fourth-order valence-electron chi connectivity index (χ4n) is 3.18. The van der Waals surface area contributed by atoms with E-state index in [0.29, 0.717) is 0 Å². The van der Waals surface area contributed by atoms with Gasteiger partial charge in [-0.1, -0.05) is 17.7 Å². The first-order valence-corrected chi connectivity index (χ1v) is 11.5. The Morgan fingerprint density at radius 2 is 1.24 bits per heavy atom. The number of hydrogen-bond acceptors (Lipinski definition) is 12. The quantitative estimate of drug-likeness (QED) is 0.280. The maximum absolute atomic E-state index is 12.6. The van der Waals surface area contributed by atoms with E-state index in [4.69, 9.17) is 27.9 Å². The number of carbonyl (C=O) groups is 4. The molecular weight excluding hydrogens is 476 g/mol. The van der Waals surface area contributed by atoms with Gasteiger partial charge in [-0.3, -0.25) is 23.4 Å². The van der Waals surface area contributed by atoms with Crippen LogP contribution in [0.2, 0.25) is 0 Å². The van der Waals surface area contributed by atoms with E-state index in [1.165, 1.54) is 12.1 Å². The van der Waals surface area contributed by atoms with Gasteiger partial charge in [-0.05, 0) is 19.1 Å². The van der Waals surface area contributed by atoms with Gasteiger partial charge in [0.2, 0.25) is 12.4 Å².